The Morgan fingerprint density at radius 2 is 2.50 bits per heavy atom. The number of hydrogen-bond donors (Lipinski definition) is 1. The summed E-state index contributed by atoms with van der Waals surface area (Å²) in [5.74, 6) is 0.244. The molecule has 1 heterocycles. The third-order valence-electron chi connectivity index (χ3n) is 1.71. The van der Waals surface area contributed by atoms with Gasteiger partial charge in [-0.25, -0.2) is 0 Å². The van der Waals surface area contributed by atoms with Gasteiger partial charge in [-0.1, -0.05) is 13.3 Å². The first-order valence-corrected chi connectivity index (χ1v) is 3.83. The fraction of sp³-hybridized carbons (Fsp3) is 0.857. The molecule has 1 saturated heterocycles. The minimum atomic E-state index is 0.244. The van der Waals surface area contributed by atoms with Crippen molar-refractivity contribution in [2.75, 3.05) is 19.8 Å². The Hall–Kier alpha value is -0.570. The predicted octanol–water partition coefficient (Wildman–Crippen LogP) is 0.176. The lowest BCUT2D eigenvalue weighted by atomic mass is 10.3. The third kappa shape index (κ3) is 1.70. The van der Waals surface area contributed by atoms with Gasteiger partial charge in [0.1, 0.15) is 0 Å². The lowest BCUT2D eigenvalue weighted by molar-refractivity contribution is -0.126. The number of unbranched alkanes of at least 4 members (excludes halogenated alkanes) is 1. The maximum absolute atomic E-state index is 10.9. The largest absolute Gasteiger partial charge is 0.329 e. The number of carbonyl (C=O) groups is 1. The lowest BCUT2D eigenvalue weighted by Gasteiger charge is -2.12. The summed E-state index contributed by atoms with van der Waals surface area (Å²) >= 11 is 0. The topological polar surface area (TPSA) is 32.3 Å². The van der Waals surface area contributed by atoms with Crippen molar-refractivity contribution < 1.29 is 4.79 Å². The average molecular weight is 142 g/mol. The highest BCUT2D eigenvalue weighted by Gasteiger charge is 2.17. The molecule has 0 bridgehead atoms. The van der Waals surface area contributed by atoms with Crippen LogP contribution in [0.1, 0.15) is 19.8 Å². The first-order valence-electron chi connectivity index (χ1n) is 3.83. The normalized spacial score (nSPS) is 18.5. The van der Waals surface area contributed by atoms with Crippen molar-refractivity contribution in [3.63, 3.8) is 0 Å². The molecule has 0 atom stereocenters. The Labute approximate surface area is 61.4 Å². The molecule has 3 heteroatoms. The van der Waals surface area contributed by atoms with Gasteiger partial charge in [0.2, 0.25) is 5.91 Å². The monoisotopic (exact) mass is 142 g/mol. The van der Waals surface area contributed by atoms with Crippen LogP contribution >= 0.6 is 0 Å². The highest BCUT2D eigenvalue weighted by molar-refractivity contribution is 5.79. The van der Waals surface area contributed by atoms with Crippen LogP contribution in [0.3, 0.4) is 0 Å². The smallest absolute Gasteiger partial charge is 0.237 e. The van der Waals surface area contributed by atoms with E-state index in [0.717, 1.165) is 26.1 Å². The number of carbonyl (C=O) groups excluding carboxylic acids is 1. The second kappa shape index (κ2) is 3.56. The second-order valence-corrected chi connectivity index (χ2v) is 2.60. The zero-order valence-electron chi connectivity index (χ0n) is 6.39. The van der Waals surface area contributed by atoms with Crippen LogP contribution in [0.15, 0.2) is 0 Å². The third-order valence-corrected chi connectivity index (χ3v) is 1.71. The van der Waals surface area contributed by atoms with E-state index in [4.69, 9.17) is 0 Å². The molecule has 1 amide bonds. The van der Waals surface area contributed by atoms with Crippen LogP contribution in [0.5, 0.6) is 0 Å². The highest BCUT2D eigenvalue weighted by atomic mass is 16.2. The quantitative estimate of drug-likeness (QED) is 0.609. The number of rotatable bonds is 3. The van der Waals surface area contributed by atoms with Crippen molar-refractivity contribution in [1.29, 1.82) is 0 Å². The maximum atomic E-state index is 10.9. The van der Waals surface area contributed by atoms with Gasteiger partial charge in [0.05, 0.1) is 13.2 Å². The Morgan fingerprint density at radius 3 is 3.00 bits per heavy atom. The minimum absolute atomic E-state index is 0.244. The fourth-order valence-electron chi connectivity index (χ4n) is 1.05. The molecule has 0 aromatic heterocycles. The van der Waals surface area contributed by atoms with E-state index in [1.54, 1.807) is 0 Å². The first-order chi connectivity index (χ1) is 4.84. The summed E-state index contributed by atoms with van der Waals surface area (Å²) in [5.41, 5.74) is 0. The standard InChI is InChI=1S/C7H14N2O/c1-2-3-4-9-6-8-5-7(9)10/h8H,2-6H2,1H3. The molecule has 0 radical (unpaired) electrons. The van der Waals surface area contributed by atoms with Gasteiger partial charge in [0, 0.05) is 6.54 Å². The van der Waals surface area contributed by atoms with Gasteiger partial charge in [-0.3, -0.25) is 10.1 Å². The van der Waals surface area contributed by atoms with Crippen LogP contribution in [0.4, 0.5) is 0 Å². The van der Waals surface area contributed by atoms with Crippen LogP contribution < -0.4 is 5.32 Å². The lowest BCUT2D eigenvalue weighted by Crippen LogP contribution is -2.27. The Balaban J connectivity index is 2.20. The van der Waals surface area contributed by atoms with Crippen molar-refractivity contribution in [3.8, 4) is 0 Å². The van der Waals surface area contributed by atoms with Crippen molar-refractivity contribution >= 4 is 5.91 Å². The molecule has 1 aliphatic heterocycles. The zero-order valence-corrected chi connectivity index (χ0v) is 6.39. The molecule has 1 N–H and O–H groups in total. The number of nitrogens with zero attached hydrogens (tertiary/aromatic N) is 1. The SMILES string of the molecule is CCCCN1CNCC1=O. The van der Waals surface area contributed by atoms with Crippen LogP contribution in [0.2, 0.25) is 0 Å². The van der Waals surface area contributed by atoms with Crippen LogP contribution in [0, 0.1) is 0 Å². The molecule has 0 saturated carbocycles. The van der Waals surface area contributed by atoms with Crippen molar-refractivity contribution in [1.82, 2.24) is 10.2 Å². The molecule has 1 fully saturated rings. The number of nitrogens with one attached hydrogen (secondary N) is 1. The molecule has 0 aromatic rings. The molecule has 58 valence electrons. The van der Waals surface area contributed by atoms with E-state index in [9.17, 15) is 4.79 Å². The summed E-state index contributed by atoms with van der Waals surface area (Å²) in [4.78, 5) is 12.8. The summed E-state index contributed by atoms with van der Waals surface area (Å²) in [7, 11) is 0. The van der Waals surface area contributed by atoms with E-state index < -0.39 is 0 Å². The zero-order chi connectivity index (χ0) is 7.40. The number of hydrogen-bond acceptors (Lipinski definition) is 2. The molecule has 0 spiro atoms. The summed E-state index contributed by atoms with van der Waals surface area (Å²) in [6.45, 7) is 4.33. The predicted molar refractivity (Wildman–Crippen MR) is 39.5 cm³/mol. The van der Waals surface area contributed by atoms with Gasteiger partial charge in [-0.15, -0.1) is 0 Å². The van der Waals surface area contributed by atoms with Gasteiger partial charge < -0.3 is 4.90 Å². The molecular formula is C7H14N2O. The van der Waals surface area contributed by atoms with E-state index >= 15 is 0 Å². The molecule has 3 nitrogen and oxygen atoms in total. The van der Waals surface area contributed by atoms with E-state index in [2.05, 4.69) is 12.2 Å². The van der Waals surface area contributed by atoms with E-state index in [0.29, 0.717) is 6.54 Å². The van der Waals surface area contributed by atoms with Gasteiger partial charge in [0.15, 0.2) is 0 Å². The van der Waals surface area contributed by atoms with E-state index in [-0.39, 0.29) is 5.91 Å². The Kier molecular flexibility index (Phi) is 2.68. The Bertz CT molecular complexity index is 125. The van der Waals surface area contributed by atoms with Gasteiger partial charge >= 0.3 is 0 Å². The number of amides is 1. The molecule has 0 unspecified atom stereocenters. The highest BCUT2D eigenvalue weighted by Crippen LogP contribution is 1.97. The molecule has 10 heavy (non-hydrogen) atoms. The maximum Gasteiger partial charge on any atom is 0.237 e. The van der Waals surface area contributed by atoms with Crippen LogP contribution in [-0.2, 0) is 4.79 Å². The average Bonchev–Trinajstić information content (AvgIpc) is 2.31. The summed E-state index contributed by atoms with van der Waals surface area (Å²) < 4.78 is 0. The molecule has 1 rings (SSSR count). The van der Waals surface area contributed by atoms with Gasteiger partial charge in [-0.05, 0) is 6.42 Å². The summed E-state index contributed by atoms with van der Waals surface area (Å²) in [5, 5.41) is 3.01. The second-order valence-electron chi connectivity index (χ2n) is 2.60. The molecule has 0 aromatic carbocycles. The van der Waals surface area contributed by atoms with Crippen LogP contribution in [-0.4, -0.2) is 30.6 Å². The van der Waals surface area contributed by atoms with Crippen molar-refractivity contribution in [2.45, 2.75) is 19.8 Å². The minimum Gasteiger partial charge on any atom is -0.329 e. The summed E-state index contributed by atoms with van der Waals surface area (Å²) in [6, 6.07) is 0. The molecule has 1 aliphatic rings. The van der Waals surface area contributed by atoms with E-state index in [1.807, 2.05) is 4.90 Å². The van der Waals surface area contributed by atoms with Gasteiger partial charge in [0.25, 0.3) is 0 Å². The van der Waals surface area contributed by atoms with Crippen molar-refractivity contribution in [3.05, 3.63) is 0 Å². The van der Waals surface area contributed by atoms with Gasteiger partial charge in [-0.2, -0.15) is 0 Å². The van der Waals surface area contributed by atoms with Crippen LogP contribution in [0.25, 0.3) is 0 Å². The van der Waals surface area contributed by atoms with Crippen molar-refractivity contribution in [2.24, 2.45) is 0 Å². The van der Waals surface area contributed by atoms with E-state index in [1.165, 1.54) is 0 Å². The Morgan fingerprint density at radius 1 is 1.70 bits per heavy atom. The first kappa shape index (κ1) is 7.54. The molecular weight excluding hydrogens is 128 g/mol. The fourth-order valence-corrected chi connectivity index (χ4v) is 1.05. The summed E-state index contributed by atoms with van der Waals surface area (Å²) in [6.07, 6.45) is 2.28. The molecule has 0 aliphatic carbocycles.